The predicted molar refractivity (Wildman–Crippen MR) is 218 cm³/mol. The number of hydrogen-bond acceptors (Lipinski definition) is 4. The molecule has 0 spiro atoms. The van der Waals surface area contributed by atoms with Crippen LogP contribution in [0.2, 0.25) is 0 Å². The minimum absolute atomic E-state index is 0.122. The molecule has 0 aromatic heterocycles. The number of carbonyl (C=O) groups excluding carboxylic acids is 2. The third-order valence-electron chi connectivity index (χ3n) is 10.4. The maximum atomic E-state index is 12.0. The fourth-order valence-corrected chi connectivity index (χ4v) is 6.96. The molecule has 0 atom stereocenters. The molecule has 0 aromatic rings. The van der Waals surface area contributed by atoms with Crippen LogP contribution in [0.4, 0.5) is 0 Å². The SMILES string of the molecule is CC(C)CCCCCCCCCCCCCCCCCOC(=O)CCCCC(=O)OCCCCCCCCCCCCCCCCCC(C)C. The summed E-state index contributed by atoms with van der Waals surface area (Å²) in [7, 11) is 0. The van der Waals surface area contributed by atoms with E-state index in [9.17, 15) is 9.59 Å². The summed E-state index contributed by atoms with van der Waals surface area (Å²) in [6.45, 7) is 10.4. The van der Waals surface area contributed by atoms with Gasteiger partial charge in [-0.1, -0.05) is 220 Å². The highest BCUT2D eigenvalue weighted by molar-refractivity contribution is 5.70. The van der Waals surface area contributed by atoms with E-state index in [0.717, 1.165) is 37.5 Å². The molecule has 0 aromatic carbocycles. The standard InChI is InChI=1S/C46H90O4/c1-43(2)37-31-27-23-19-15-11-7-5-9-13-17-21-25-29-35-41-49-45(47)39-33-34-40-46(48)50-42-36-30-26-22-18-14-10-6-8-12-16-20-24-28-32-38-44(3)4/h43-44H,5-42H2,1-4H3. The number of unbranched alkanes of at least 4 members (excludes halogenated alkanes) is 29. The monoisotopic (exact) mass is 707 g/mol. The van der Waals surface area contributed by atoms with Crippen molar-refractivity contribution in [2.75, 3.05) is 13.2 Å². The Morgan fingerprint density at radius 3 is 0.720 bits per heavy atom. The van der Waals surface area contributed by atoms with Crippen LogP contribution in [0.3, 0.4) is 0 Å². The zero-order chi connectivity index (χ0) is 36.6. The van der Waals surface area contributed by atoms with Gasteiger partial charge in [0.05, 0.1) is 13.2 Å². The molecular formula is C46H90O4. The molecule has 0 bridgehead atoms. The molecule has 0 aliphatic rings. The molecule has 0 radical (unpaired) electrons. The van der Waals surface area contributed by atoms with Crippen LogP contribution in [0.15, 0.2) is 0 Å². The first-order valence-electron chi connectivity index (χ1n) is 22.7. The summed E-state index contributed by atoms with van der Waals surface area (Å²) in [5.41, 5.74) is 0. The Morgan fingerprint density at radius 2 is 0.500 bits per heavy atom. The minimum atomic E-state index is -0.122. The van der Waals surface area contributed by atoms with Gasteiger partial charge in [0.25, 0.3) is 0 Å². The molecule has 0 unspecified atom stereocenters. The molecule has 0 saturated carbocycles. The molecular weight excluding hydrogens is 617 g/mol. The van der Waals surface area contributed by atoms with E-state index in [1.54, 1.807) is 0 Å². The summed E-state index contributed by atoms with van der Waals surface area (Å²) in [6, 6.07) is 0. The smallest absolute Gasteiger partial charge is 0.305 e. The second-order valence-corrected chi connectivity index (χ2v) is 16.6. The van der Waals surface area contributed by atoms with E-state index < -0.39 is 0 Å². The third-order valence-corrected chi connectivity index (χ3v) is 10.4. The molecule has 0 rings (SSSR count). The third kappa shape index (κ3) is 43.1. The summed E-state index contributed by atoms with van der Waals surface area (Å²) < 4.78 is 10.8. The van der Waals surface area contributed by atoms with Crippen molar-refractivity contribution in [1.29, 1.82) is 0 Å². The molecule has 0 fully saturated rings. The maximum absolute atomic E-state index is 12.0. The lowest BCUT2D eigenvalue weighted by Crippen LogP contribution is -2.08. The van der Waals surface area contributed by atoms with Gasteiger partial charge in [0, 0.05) is 12.8 Å². The Morgan fingerprint density at radius 1 is 0.300 bits per heavy atom. The lowest BCUT2D eigenvalue weighted by atomic mass is 10.0. The maximum Gasteiger partial charge on any atom is 0.305 e. The predicted octanol–water partition coefficient (Wildman–Crippen LogP) is 15.4. The Bertz CT molecular complexity index is 630. The first-order valence-corrected chi connectivity index (χ1v) is 22.7. The van der Waals surface area contributed by atoms with Gasteiger partial charge in [0.15, 0.2) is 0 Å². The van der Waals surface area contributed by atoms with Gasteiger partial charge in [0.1, 0.15) is 0 Å². The Hall–Kier alpha value is -1.06. The largest absolute Gasteiger partial charge is 0.466 e. The molecule has 0 heterocycles. The second-order valence-electron chi connectivity index (χ2n) is 16.6. The molecule has 50 heavy (non-hydrogen) atoms. The van der Waals surface area contributed by atoms with Gasteiger partial charge in [-0.05, 0) is 37.5 Å². The first-order chi connectivity index (χ1) is 24.4. The van der Waals surface area contributed by atoms with Crippen molar-refractivity contribution in [1.82, 2.24) is 0 Å². The molecule has 0 aliphatic heterocycles. The van der Waals surface area contributed by atoms with Crippen LogP contribution in [-0.2, 0) is 19.1 Å². The van der Waals surface area contributed by atoms with E-state index in [4.69, 9.17) is 9.47 Å². The quantitative estimate of drug-likeness (QED) is 0.0469. The fraction of sp³-hybridized carbons (Fsp3) is 0.957. The molecule has 0 amide bonds. The van der Waals surface area contributed by atoms with Crippen LogP contribution in [-0.4, -0.2) is 25.2 Å². The van der Waals surface area contributed by atoms with Crippen LogP contribution in [0.5, 0.6) is 0 Å². The van der Waals surface area contributed by atoms with E-state index in [0.29, 0.717) is 38.9 Å². The van der Waals surface area contributed by atoms with Gasteiger partial charge in [-0.3, -0.25) is 9.59 Å². The van der Waals surface area contributed by atoms with Crippen LogP contribution >= 0.6 is 0 Å². The highest BCUT2D eigenvalue weighted by atomic mass is 16.5. The summed E-state index contributed by atoms with van der Waals surface area (Å²) >= 11 is 0. The summed E-state index contributed by atoms with van der Waals surface area (Å²) in [5, 5.41) is 0. The number of rotatable bonds is 41. The summed E-state index contributed by atoms with van der Waals surface area (Å²) in [4.78, 5) is 24.0. The van der Waals surface area contributed by atoms with E-state index in [1.165, 1.54) is 180 Å². The van der Waals surface area contributed by atoms with E-state index in [-0.39, 0.29) is 11.9 Å². The lowest BCUT2D eigenvalue weighted by molar-refractivity contribution is -0.146. The Kier molecular flexibility index (Phi) is 39.8. The average molecular weight is 707 g/mol. The highest BCUT2D eigenvalue weighted by Crippen LogP contribution is 2.17. The molecule has 0 N–H and O–H groups in total. The summed E-state index contributed by atoms with van der Waals surface area (Å²) in [6.07, 6.45) is 45.4. The van der Waals surface area contributed by atoms with Crippen molar-refractivity contribution in [3.63, 3.8) is 0 Å². The van der Waals surface area contributed by atoms with Crippen molar-refractivity contribution < 1.29 is 19.1 Å². The Balaban J connectivity index is 3.25. The van der Waals surface area contributed by atoms with Crippen LogP contribution in [0, 0.1) is 11.8 Å². The highest BCUT2D eigenvalue weighted by Gasteiger charge is 2.06. The van der Waals surface area contributed by atoms with Gasteiger partial charge in [-0.25, -0.2) is 0 Å². The number of hydrogen-bond donors (Lipinski definition) is 0. The number of carbonyl (C=O) groups is 2. The van der Waals surface area contributed by atoms with Crippen molar-refractivity contribution in [3.05, 3.63) is 0 Å². The van der Waals surface area contributed by atoms with Gasteiger partial charge in [-0.2, -0.15) is 0 Å². The topological polar surface area (TPSA) is 52.6 Å². The van der Waals surface area contributed by atoms with Crippen LogP contribution in [0.1, 0.15) is 259 Å². The van der Waals surface area contributed by atoms with Crippen molar-refractivity contribution in [2.45, 2.75) is 259 Å². The van der Waals surface area contributed by atoms with E-state index >= 15 is 0 Å². The first kappa shape index (κ1) is 48.9. The summed E-state index contributed by atoms with van der Waals surface area (Å²) in [5.74, 6) is 1.49. The second kappa shape index (κ2) is 40.7. The zero-order valence-electron chi connectivity index (χ0n) is 34.7. The zero-order valence-corrected chi connectivity index (χ0v) is 34.7. The van der Waals surface area contributed by atoms with Gasteiger partial charge in [0.2, 0.25) is 0 Å². The molecule has 4 heteroatoms. The molecule has 0 aliphatic carbocycles. The average Bonchev–Trinajstić information content (AvgIpc) is 3.08. The molecule has 298 valence electrons. The minimum Gasteiger partial charge on any atom is -0.466 e. The van der Waals surface area contributed by atoms with Crippen LogP contribution < -0.4 is 0 Å². The van der Waals surface area contributed by atoms with Gasteiger partial charge >= 0.3 is 11.9 Å². The van der Waals surface area contributed by atoms with Crippen molar-refractivity contribution in [3.8, 4) is 0 Å². The van der Waals surface area contributed by atoms with Gasteiger partial charge < -0.3 is 9.47 Å². The Labute approximate surface area is 314 Å². The number of ether oxygens (including phenoxy) is 2. The van der Waals surface area contributed by atoms with Gasteiger partial charge in [-0.15, -0.1) is 0 Å². The van der Waals surface area contributed by atoms with E-state index in [1.807, 2.05) is 0 Å². The lowest BCUT2D eigenvalue weighted by Gasteiger charge is -2.06. The molecule has 0 saturated heterocycles. The fourth-order valence-electron chi connectivity index (χ4n) is 6.96. The van der Waals surface area contributed by atoms with E-state index in [2.05, 4.69) is 27.7 Å². The number of esters is 2. The normalized spacial score (nSPS) is 11.6. The van der Waals surface area contributed by atoms with Crippen LogP contribution in [0.25, 0.3) is 0 Å². The van der Waals surface area contributed by atoms with Crippen molar-refractivity contribution >= 4 is 11.9 Å². The molecule has 4 nitrogen and oxygen atoms in total. The van der Waals surface area contributed by atoms with Crippen molar-refractivity contribution in [2.24, 2.45) is 11.8 Å².